The van der Waals surface area contributed by atoms with Crippen molar-refractivity contribution >= 4 is 94.7 Å². The Morgan fingerprint density at radius 1 is 1.18 bits per heavy atom. The molecule has 0 saturated heterocycles. The summed E-state index contributed by atoms with van der Waals surface area (Å²) in [5.41, 5.74) is 11.3. The Bertz CT molecular complexity index is 2020. The first-order valence-corrected chi connectivity index (χ1v) is 20.9. The van der Waals surface area contributed by atoms with Crippen LogP contribution in [0.1, 0.15) is 25.6 Å². The van der Waals surface area contributed by atoms with Crippen molar-refractivity contribution in [3.05, 3.63) is 46.3 Å². The summed E-state index contributed by atoms with van der Waals surface area (Å²) in [6, 6.07) is 0.640. The number of aliphatic carboxylic acids is 2. The molecule has 296 valence electrons. The smallest absolute Gasteiger partial charge is 0.429 e. The van der Waals surface area contributed by atoms with Crippen molar-refractivity contribution in [1.29, 1.82) is 0 Å². The van der Waals surface area contributed by atoms with Crippen LogP contribution in [0.15, 0.2) is 55.0 Å². The number of aliphatic imine (C=N–C) groups is 1. The highest BCUT2D eigenvalue weighted by atomic mass is 32.2. The molecule has 0 aliphatic carbocycles. The van der Waals surface area contributed by atoms with Crippen LogP contribution in [-0.4, -0.2) is 106 Å². The third kappa shape index (κ3) is 12.9. The first-order chi connectivity index (χ1) is 26.0. The highest BCUT2D eigenvalue weighted by molar-refractivity contribution is 8.07. The number of nitrogens with one attached hydrogen (secondary N) is 4. The molecule has 0 unspecified atom stereocenters. The van der Waals surface area contributed by atoms with E-state index in [1.165, 1.54) is 11.3 Å². The van der Waals surface area contributed by atoms with E-state index >= 15 is 0 Å². The normalized spacial score (nSPS) is 15.6. The number of pyridine rings is 1. The summed E-state index contributed by atoms with van der Waals surface area (Å²) in [6.07, 6.45) is 3.77. The van der Waals surface area contributed by atoms with Crippen molar-refractivity contribution in [2.75, 3.05) is 24.0 Å². The number of oxime groups is 1. The molecule has 0 aromatic carbocycles. The molecule has 0 bridgehead atoms. The van der Waals surface area contributed by atoms with Crippen LogP contribution >= 0.6 is 54.1 Å². The number of nitrogens with two attached hydrogens (primary N) is 2. The topological polar surface area (TPSA) is 343 Å². The first-order valence-electron chi connectivity index (χ1n) is 15.8. The molecule has 0 fully saturated rings. The maximum absolute atomic E-state index is 13.9. The number of rotatable bonds is 19. The summed E-state index contributed by atoms with van der Waals surface area (Å²) >= 11 is 3.96. The van der Waals surface area contributed by atoms with Crippen molar-refractivity contribution in [3.8, 4) is 11.3 Å². The Hall–Kier alpha value is -4.85. The van der Waals surface area contributed by atoms with Crippen molar-refractivity contribution in [2.45, 2.75) is 41.6 Å². The number of guanidine groups is 1. The number of nitrogens with zero attached hydrogens (tertiary/aromatic N) is 6. The molecule has 3 aromatic heterocycles. The maximum atomic E-state index is 13.9. The number of aryl methyl sites for hydroxylation is 1. The number of carboxylic acids is 2. The lowest BCUT2D eigenvalue weighted by molar-refractivity contribution is -0.671. The molecule has 3 atom stereocenters. The molecular weight excluding hydrogens is 824 g/mol. The molecule has 0 radical (unpaired) electrons. The van der Waals surface area contributed by atoms with Gasteiger partial charge in [-0.1, -0.05) is 16.9 Å². The van der Waals surface area contributed by atoms with Gasteiger partial charge in [-0.15, -0.1) is 23.1 Å². The number of hydrogen-bond donors (Lipinski definition) is 10. The van der Waals surface area contributed by atoms with E-state index < -0.39 is 60.5 Å². The summed E-state index contributed by atoms with van der Waals surface area (Å²) in [7, 11) is -2.92. The van der Waals surface area contributed by atoms with Crippen molar-refractivity contribution in [3.63, 3.8) is 0 Å². The van der Waals surface area contributed by atoms with Crippen LogP contribution in [0, 0.1) is 0 Å². The summed E-state index contributed by atoms with van der Waals surface area (Å²) < 4.78 is 17.7. The second-order valence-electron chi connectivity index (χ2n) is 11.1. The molecule has 2 amide bonds. The minimum Gasteiger partial charge on any atom is -0.480 e. The SMILES string of the molecule is CCO/N=C(\C(=O)N[C@H](C(=O)N[C@@H](CCCN=C(N)N)C(=O)O)[C@@H]1NC(C(=O)O)=C(Sc2nc(-c3cc[n+](C)cc3)cs2)CS1)c1nsc(NP(=O)(O)O)n1. The Morgan fingerprint density at radius 3 is 2.55 bits per heavy atom. The number of carbonyl (C=O) groups is 4. The molecule has 1 aliphatic heterocycles. The summed E-state index contributed by atoms with van der Waals surface area (Å²) in [5, 5.41) is 33.6. The lowest BCUT2D eigenvalue weighted by Crippen LogP contribution is -2.60. The zero-order valence-electron chi connectivity index (χ0n) is 28.8. The fraction of sp³-hybridized carbons (Fsp3) is 0.357. The third-order valence-corrected chi connectivity index (χ3v) is 11.7. The van der Waals surface area contributed by atoms with Gasteiger partial charge in [0.25, 0.3) is 5.91 Å². The number of hydrogen-bond acceptors (Lipinski definition) is 16. The van der Waals surface area contributed by atoms with Crippen molar-refractivity contribution < 1.29 is 53.1 Å². The highest BCUT2D eigenvalue weighted by Crippen LogP contribution is 2.39. The van der Waals surface area contributed by atoms with E-state index in [2.05, 4.69) is 40.4 Å². The average molecular weight is 860 g/mol. The van der Waals surface area contributed by atoms with Gasteiger partial charge in [-0.3, -0.25) is 19.7 Å². The highest BCUT2D eigenvalue weighted by Gasteiger charge is 2.39. The van der Waals surface area contributed by atoms with E-state index in [4.69, 9.17) is 16.3 Å². The van der Waals surface area contributed by atoms with E-state index in [0.717, 1.165) is 29.1 Å². The predicted molar refractivity (Wildman–Crippen MR) is 204 cm³/mol. The number of thiazole rings is 1. The number of thioether (sulfide) groups is 2. The van der Waals surface area contributed by atoms with Gasteiger partial charge in [-0.05, 0) is 19.8 Å². The van der Waals surface area contributed by atoms with Crippen molar-refractivity contribution in [1.82, 2.24) is 30.3 Å². The average Bonchev–Trinajstić information content (AvgIpc) is 3.77. The maximum Gasteiger partial charge on any atom is 0.429 e. The molecule has 1 aliphatic rings. The Morgan fingerprint density at radius 2 is 1.91 bits per heavy atom. The molecule has 12 N–H and O–H groups in total. The number of aromatic nitrogens is 4. The van der Waals surface area contributed by atoms with Crippen LogP contribution in [-0.2, 0) is 35.6 Å². The second kappa shape index (κ2) is 19.7. The molecule has 0 saturated carbocycles. The lowest BCUT2D eigenvalue weighted by atomic mass is 10.1. The fourth-order valence-electron chi connectivity index (χ4n) is 4.47. The largest absolute Gasteiger partial charge is 0.480 e. The van der Waals surface area contributed by atoms with Crippen LogP contribution in [0.2, 0.25) is 0 Å². The number of carbonyl (C=O) groups excluding carboxylic acids is 2. The minimum absolute atomic E-state index is 0.0313. The van der Waals surface area contributed by atoms with Gasteiger partial charge in [0.2, 0.25) is 22.6 Å². The van der Waals surface area contributed by atoms with Gasteiger partial charge in [0, 0.05) is 51.8 Å². The second-order valence-corrected chi connectivity index (χ2v) is 16.5. The fourth-order valence-corrected chi connectivity index (χ4v) is 9.01. The Kier molecular flexibility index (Phi) is 15.3. The quantitative estimate of drug-likeness (QED) is 0.0183. The van der Waals surface area contributed by atoms with Crippen LogP contribution in [0.4, 0.5) is 5.13 Å². The summed E-state index contributed by atoms with van der Waals surface area (Å²) in [5.74, 6) is -5.52. The van der Waals surface area contributed by atoms with Crippen LogP contribution < -0.4 is 37.1 Å². The summed E-state index contributed by atoms with van der Waals surface area (Å²) in [4.78, 5) is 88.6. The molecule has 55 heavy (non-hydrogen) atoms. The molecule has 22 nitrogen and oxygen atoms in total. The van der Waals surface area contributed by atoms with Crippen molar-refractivity contribution in [2.24, 2.45) is 28.7 Å². The van der Waals surface area contributed by atoms with E-state index in [-0.39, 0.29) is 48.5 Å². The monoisotopic (exact) mass is 859 g/mol. The van der Waals surface area contributed by atoms with Gasteiger partial charge in [-0.2, -0.15) is 9.36 Å². The number of anilines is 1. The number of amides is 2. The van der Waals surface area contributed by atoms with Gasteiger partial charge in [0.1, 0.15) is 36.8 Å². The van der Waals surface area contributed by atoms with E-state index in [9.17, 15) is 43.7 Å². The first kappa shape index (κ1) is 42.9. The summed E-state index contributed by atoms with van der Waals surface area (Å²) in [6.45, 7) is 1.59. The zero-order valence-corrected chi connectivity index (χ0v) is 33.0. The van der Waals surface area contributed by atoms with E-state index in [1.54, 1.807) is 6.92 Å². The molecule has 3 aromatic rings. The van der Waals surface area contributed by atoms with Gasteiger partial charge >= 0.3 is 19.7 Å². The molecule has 4 rings (SSSR count). The van der Waals surface area contributed by atoms with Gasteiger partial charge < -0.3 is 52.3 Å². The molecule has 0 spiro atoms. The third-order valence-electron chi connectivity index (χ3n) is 6.95. The van der Waals surface area contributed by atoms with Gasteiger partial charge in [0.15, 0.2) is 22.7 Å². The predicted octanol–water partition coefficient (Wildman–Crippen LogP) is -0.410. The van der Waals surface area contributed by atoms with E-state index in [1.807, 2.05) is 46.6 Å². The number of carboxylic acid groups (broad SMARTS) is 2. The zero-order chi connectivity index (χ0) is 40.3. The van der Waals surface area contributed by atoms with Gasteiger partial charge in [-0.25, -0.2) is 23.7 Å². The standard InChI is InChI=1S/C28H35N12O10PS4/c1-3-50-37-18(20-36-27(55-39-20)38-51(47,48)49)21(41)34-19(22(42)32-14(24(43)44)5-4-8-31-26(29)30)23-35-17(25(45)46)16(12-52-23)54-28-33-15(11-53-28)13-6-9-40(2)10-7-13/h6-7,9-11,14,19,23,35H,3-5,8,12H2,1-2H3,(H10-,29,30,31,32,34,36,38,39,41,42,43,44,45,46,47,48,49)/p+1/b37-18-/t14-,19+,23+/m0/s1. The van der Waals surface area contributed by atoms with Crippen LogP contribution in [0.5, 0.6) is 0 Å². The molecule has 4 heterocycles. The van der Waals surface area contributed by atoms with Crippen LogP contribution in [0.25, 0.3) is 11.3 Å². The van der Waals surface area contributed by atoms with Crippen LogP contribution in [0.3, 0.4) is 0 Å². The lowest BCUT2D eigenvalue weighted by Gasteiger charge is -2.33. The Balaban J connectivity index is 1.64. The van der Waals surface area contributed by atoms with Gasteiger partial charge in [0.05, 0.1) is 5.69 Å². The Labute approximate surface area is 328 Å². The molecule has 27 heteroatoms. The van der Waals surface area contributed by atoms with E-state index in [0.29, 0.717) is 26.5 Å². The minimum atomic E-state index is -4.80. The molecular formula is C28H36N12O10PS4+.